The van der Waals surface area contributed by atoms with Gasteiger partial charge in [0.15, 0.2) is 0 Å². The molecule has 1 saturated heterocycles. The summed E-state index contributed by atoms with van der Waals surface area (Å²) in [6.07, 6.45) is 4.22. The van der Waals surface area contributed by atoms with E-state index >= 15 is 0 Å². The number of aromatic amines is 1. The van der Waals surface area contributed by atoms with Crippen molar-refractivity contribution in [1.29, 1.82) is 5.26 Å². The highest BCUT2D eigenvalue weighted by Gasteiger charge is 2.38. The maximum absolute atomic E-state index is 13.1. The molecule has 210 valence electrons. The molecular formula is C30H33F3N6S. The molecule has 6 nitrogen and oxygen atoms in total. The summed E-state index contributed by atoms with van der Waals surface area (Å²) >= 11 is 1.10. The van der Waals surface area contributed by atoms with Gasteiger partial charge in [0.1, 0.15) is 28.7 Å². The fourth-order valence-corrected chi connectivity index (χ4v) is 7.72. The Morgan fingerprint density at radius 3 is 2.65 bits per heavy atom. The Kier molecular flexibility index (Phi) is 7.21. The van der Waals surface area contributed by atoms with E-state index in [1.165, 1.54) is 43.1 Å². The molecule has 0 unspecified atom stereocenters. The number of benzene rings is 1. The van der Waals surface area contributed by atoms with Crippen LogP contribution >= 0.6 is 11.3 Å². The van der Waals surface area contributed by atoms with Crippen LogP contribution in [0.2, 0.25) is 0 Å². The Morgan fingerprint density at radius 2 is 1.93 bits per heavy atom. The summed E-state index contributed by atoms with van der Waals surface area (Å²) in [5, 5.41) is 14.8. The molecule has 1 saturated carbocycles. The first-order chi connectivity index (χ1) is 19.2. The highest BCUT2D eigenvalue weighted by atomic mass is 32.1. The second-order valence-corrected chi connectivity index (χ2v) is 12.7. The first-order valence-electron chi connectivity index (χ1n) is 14.0. The molecule has 0 atom stereocenters. The van der Waals surface area contributed by atoms with Crippen LogP contribution in [0.5, 0.6) is 0 Å². The Bertz CT molecular complexity index is 1550. The van der Waals surface area contributed by atoms with Gasteiger partial charge in [0.2, 0.25) is 0 Å². The molecule has 2 fully saturated rings. The summed E-state index contributed by atoms with van der Waals surface area (Å²) in [4.78, 5) is 15.3. The smallest absolute Gasteiger partial charge is 0.364 e. The average Bonchev–Trinajstić information content (AvgIpc) is 3.66. The minimum absolute atomic E-state index is 0.153. The molecule has 2 N–H and O–H groups in total. The molecule has 10 heteroatoms. The molecule has 0 spiro atoms. The lowest BCUT2D eigenvalue weighted by molar-refractivity contribution is -0.126. The molecule has 3 aromatic heterocycles. The van der Waals surface area contributed by atoms with Crippen LogP contribution in [0.3, 0.4) is 0 Å². The van der Waals surface area contributed by atoms with Crippen LogP contribution in [0.25, 0.3) is 21.1 Å². The topological polar surface area (TPSA) is 80.6 Å². The molecule has 4 heterocycles. The van der Waals surface area contributed by atoms with Gasteiger partial charge in [-0.15, -0.1) is 11.3 Å². The maximum atomic E-state index is 13.1. The zero-order valence-corrected chi connectivity index (χ0v) is 23.4. The molecule has 0 amide bonds. The number of H-pyrrole nitrogens is 1. The number of nitriles is 1. The number of nitrogens with one attached hydrogen (secondary N) is 2. The van der Waals surface area contributed by atoms with Gasteiger partial charge in [-0.2, -0.15) is 18.4 Å². The highest BCUT2D eigenvalue weighted by molar-refractivity contribution is 7.18. The van der Waals surface area contributed by atoms with Crippen molar-refractivity contribution in [2.75, 3.05) is 18.4 Å². The van der Waals surface area contributed by atoms with Crippen molar-refractivity contribution in [1.82, 2.24) is 19.9 Å². The quantitative estimate of drug-likeness (QED) is 0.242. The third-order valence-electron chi connectivity index (χ3n) is 8.81. The van der Waals surface area contributed by atoms with E-state index in [0.29, 0.717) is 27.6 Å². The van der Waals surface area contributed by atoms with Gasteiger partial charge >= 0.3 is 6.18 Å². The predicted octanol–water partition coefficient (Wildman–Crippen LogP) is 7.48. The number of nitrogens with zero attached hydrogens (tertiary/aromatic N) is 4. The van der Waals surface area contributed by atoms with E-state index in [9.17, 15) is 18.4 Å². The second kappa shape index (κ2) is 10.7. The third kappa shape index (κ3) is 5.68. The highest BCUT2D eigenvalue weighted by Crippen LogP contribution is 2.41. The van der Waals surface area contributed by atoms with Crippen molar-refractivity contribution in [3.05, 3.63) is 52.3 Å². The van der Waals surface area contributed by atoms with Crippen LogP contribution in [0.1, 0.15) is 66.6 Å². The first-order valence-corrected chi connectivity index (χ1v) is 14.8. The number of hydrogen-bond donors (Lipinski definition) is 2. The number of aromatic nitrogens is 3. The average molecular weight is 567 g/mol. The van der Waals surface area contributed by atoms with E-state index in [2.05, 4.69) is 50.3 Å². The molecule has 4 aromatic rings. The van der Waals surface area contributed by atoms with Crippen LogP contribution in [0.15, 0.2) is 30.6 Å². The molecule has 0 radical (unpaired) electrons. The monoisotopic (exact) mass is 566 g/mol. The lowest BCUT2D eigenvalue weighted by atomic mass is 9.78. The standard InChI is InChI=1S/C30H33F3N6S/c1-19-21(6-7-26-24(19)12-22(16-34)37-26)17-39-10-8-29(9-11-39,14-20-4-2-3-5-20)38-27-25-13-23(15-30(31,32)33)40-28(25)36-18-35-27/h6-7,12-13,18,20,37H,2-5,8-11,14-15,17H2,1H3,(H,35,36,38). The number of likely N-dealkylation sites (tertiary alicyclic amines) is 1. The van der Waals surface area contributed by atoms with E-state index in [0.717, 1.165) is 61.1 Å². The lowest BCUT2D eigenvalue weighted by Gasteiger charge is -2.44. The zero-order chi connectivity index (χ0) is 27.9. The first kappa shape index (κ1) is 27.0. The summed E-state index contributed by atoms with van der Waals surface area (Å²) in [5.41, 5.74) is 3.87. The summed E-state index contributed by atoms with van der Waals surface area (Å²) in [6.45, 7) is 4.81. The predicted molar refractivity (Wildman–Crippen MR) is 152 cm³/mol. The van der Waals surface area contributed by atoms with Gasteiger partial charge in [-0.1, -0.05) is 31.7 Å². The van der Waals surface area contributed by atoms with E-state index in [-0.39, 0.29) is 10.4 Å². The van der Waals surface area contributed by atoms with E-state index in [4.69, 9.17) is 0 Å². The van der Waals surface area contributed by atoms with E-state index < -0.39 is 12.6 Å². The van der Waals surface area contributed by atoms with Crippen molar-refractivity contribution < 1.29 is 13.2 Å². The SMILES string of the molecule is Cc1c(CN2CCC(CC3CCCC3)(Nc3ncnc4sc(CC(F)(F)F)cc34)CC2)ccc2[nH]c(C#N)cc12. The number of halogens is 3. The maximum Gasteiger partial charge on any atom is 0.393 e. The van der Waals surface area contributed by atoms with Gasteiger partial charge in [-0.25, -0.2) is 9.97 Å². The van der Waals surface area contributed by atoms with Gasteiger partial charge in [-0.05, 0) is 61.4 Å². The number of anilines is 1. The van der Waals surface area contributed by atoms with Gasteiger partial charge in [0, 0.05) is 41.0 Å². The zero-order valence-electron chi connectivity index (χ0n) is 22.6. The van der Waals surface area contributed by atoms with Gasteiger partial charge in [-0.3, -0.25) is 4.90 Å². The van der Waals surface area contributed by atoms with Crippen molar-refractivity contribution in [3.63, 3.8) is 0 Å². The largest absolute Gasteiger partial charge is 0.393 e. The summed E-state index contributed by atoms with van der Waals surface area (Å²) in [7, 11) is 0. The minimum atomic E-state index is -4.25. The van der Waals surface area contributed by atoms with Crippen LogP contribution in [-0.4, -0.2) is 44.7 Å². The molecule has 0 bridgehead atoms. The summed E-state index contributed by atoms with van der Waals surface area (Å²) in [6, 6.07) is 9.95. The van der Waals surface area contributed by atoms with Gasteiger partial charge < -0.3 is 10.3 Å². The van der Waals surface area contributed by atoms with Crippen molar-refractivity contribution in [2.24, 2.45) is 5.92 Å². The normalized spacial score (nSPS) is 18.5. The van der Waals surface area contributed by atoms with Crippen LogP contribution < -0.4 is 5.32 Å². The Morgan fingerprint density at radius 1 is 1.15 bits per heavy atom. The Labute approximate surface area is 235 Å². The Balaban J connectivity index is 1.22. The molecule has 6 rings (SSSR count). The number of thiophene rings is 1. The second-order valence-electron chi connectivity index (χ2n) is 11.6. The Hall–Kier alpha value is -3.16. The number of hydrogen-bond acceptors (Lipinski definition) is 6. The lowest BCUT2D eigenvalue weighted by Crippen LogP contribution is -2.50. The molecule has 1 aromatic carbocycles. The fourth-order valence-electron chi connectivity index (χ4n) is 6.69. The third-order valence-corrected chi connectivity index (χ3v) is 9.85. The molecule has 40 heavy (non-hydrogen) atoms. The number of aryl methyl sites for hydroxylation is 1. The van der Waals surface area contributed by atoms with Crippen LogP contribution in [0, 0.1) is 24.2 Å². The van der Waals surface area contributed by atoms with E-state index in [1.807, 2.05) is 6.07 Å². The number of fused-ring (bicyclic) bond motifs is 2. The van der Waals surface area contributed by atoms with Crippen LogP contribution in [-0.2, 0) is 13.0 Å². The van der Waals surface area contributed by atoms with Gasteiger partial charge in [0.05, 0.1) is 11.8 Å². The molecule has 2 aliphatic rings. The van der Waals surface area contributed by atoms with Gasteiger partial charge in [0.25, 0.3) is 0 Å². The summed E-state index contributed by atoms with van der Waals surface area (Å²) in [5.74, 6) is 1.32. The minimum Gasteiger partial charge on any atom is -0.364 e. The van der Waals surface area contributed by atoms with Crippen molar-refractivity contribution >= 4 is 38.3 Å². The summed E-state index contributed by atoms with van der Waals surface area (Å²) < 4.78 is 39.2. The molecule has 1 aliphatic heterocycles. The molecule has 1 aliphatic carbocycles. The number of alkyl halides is 3. The van der Waals surface area contributed by atoms with Crippen molar-refractivity contribution in [3.8, 4) is 6.07 Å². The molecular weight excluding hydrogens is 533 g/mol. The van der Waals surface area contributed by atoms with Crippen LogP contribution in [0.4, 0.5) is 19.0 Å². The fraction of sp³-hybridized carbons (Fsp3) is 0.500. The van der Waals surface area contributed by atoms with Crippen molar-refractivity contribution in [2.45, 2.75) is 76.6 Å². The van der Waals surface area contributed by atoms with E-state index in [1.54, 1.807) is 6.07 Å². The number of piperidine rings is 1. The number of rotatable bonds is 7.